The molecular weight excluding hydrogens is 290 g/mol. The molecule has 0 radical (unpaired) electrons. The molecule has 0 spiro atoms. The minimum absolute atomic E-state index is 0. The van der Waals surface area contributed by atoms with Crippen molar-refractivity contribution in [3.05, 3.63) is 54.2 Å². The number of amides is 1. The second kappa shape index (κ2) is 8.94. The van der Waals surface area contributed by atoms with Gasteiger partial charge in [-0.2, -0.15) is 0 Å². The molecule has 2 rings (SSSR count). The summed E-state index contributed by atoms with van der Waals surface area (Å²) in [6, 6.07) is 13.9. The average molecular weight is 308 g/mol. The number of nitrogens with one attached hydrogen (secondary N) is 1. The van der Waals surface area contributed by atoms with Crippen molar-refractivity contribution in [1.29, 1.82) is 0 Å². The SMILES string of the molecule is CCOC(=O)Nc1ccc([NH2+]Cc2ccccc2)nc1.[Cl-]. The molecule has 1 aromatic carbocycles. The van der Waals surface area contributed by atoms with Crippen molar-refractivity contribution in [1.82, 2.24) is 4.98 Å². The Morgan fingerprint density at radius 1 is 1.24 bits per heavy atom. The highest BCUT2D eigenvalue weighted by molar-refractivity contribution is 5.84. The Kier molecular flexibility index (Phi) is 7.21. The fraction of sp³-hybridized carbons (Fsp3) is 0.200. The first-order valence-electron chi connectivity index (χ1n) is 6.55. The van der Waals surface area contributed by atoms with E-state index in [1.807, 2.05) is 29.6 Å². The molecule has 0 saturated heterocycles. The predicted octanol–water partition coefficient (Wildman–Crippen LogP) is -0.951. The van der Waals surface area contributed by atoms with Crippen molar-refractivity contribution in [2.75, 3.05) is 11.9 Å². The van der Waals surface area contributed by atoms with Gasteiger partial charge < -0.3 is 17.1 Å². The predicted molar refractivity (Wildman–Crippen MR) is 76.6 cm³/mol. The number of aromatic nitrogens is 1. The van der Waals surface area contributed by atoms with E-state index in [4.69, 9.17) is 4.74 Å². The van der Waals surface area contributed by atoms with Gasteiger partial charge in [-0.05, 0) is 13.0 Å². The number of halogens is 1. The second-order valence-corrected chi connectivity index (χ2v) is 4.21. The number of nitrogens with two attached hydrogens (primary N) is 1. The zero-order valence-corrected chi connectivity index (χ0v) is 12.5. The van der Waals surface area contributed by atoms with Crippen LogP contribution in [0.1, 0.15) is 12.5 Å². The van der Waals surface area contributed by atoms with Gasteiger partial charge in [0, 0.05) is 11.6 Å². The van der Waals surface area contributed by atoms with E-state index in [-0.39, 0.29) is 12.4 Å². The Labute approximate surface area is 130 Å². The molecule has 6 heteroatoms. The first kappa shape index (κ1) is 16.9. The summed E-state index contributed by atoms with van der Waals surface area (Å²) in [5.74, 6) is 0.878. The van der Waals surface area contributed by atoms with Gasteiger partial charge in [0.15, 0.2) is 0 Å². The molecule has 0 aliphatic heterocycles. The van der Waals surface area contributed by atoms with E-state index in [0.29, 0.717) is 12.3 Å². The van der Waals surface area contributed by atoms with Crippen molar-refractivity contribution in [3.8, 4) is 0 Å². The minimum Gasteiger partial charge on any atom is -1.00 e. The third-order valence-electron chi connectivity index (χ3n) is 2.70. The molecule has 0 unspecified atom stereocenters. The zero-order chi connectivity index (χ0) is 14.2. The highest BCUT2D eigenvalue weighted by Gasteiger charge is 2.04. The highest BCUT2D eigenvalue weighted by atomic mass is 35.5. The first-order chi connectivity index (χ1) is 9.78. The molecule has 0 atom stereocenters. The molecule has 1 amide bonds. The monoisotopic (exact) mass is 307 g/mol. The molecule has 5 nitrogen and oxygen atoms in total. The summed E-state index contributed by atoms with van der Waals surface area (Å²) in [7, 11) is 0. The maximum atomic E-state index is 11.2. The Bertz CT molecular complexity index is 547. The summed E-state index contributed by atoms with van der Waals surface area (Å²) in [5, 5.41) is 4.65. The summed E-state index contributed by atoms with van der Waals surface area (Å²) in [4.78, 5) is 15.5. The van der Waals surface area contributed by atoms with Gasteiger partial charge in [-0.1, -0.05) is 30.3 Å². The summed E-state index contributed by atoms with van der Waals surface area (Å²) in [5.41, 5.74) is 1.86. The minimum atomic E-state index is -0.463. The quantitative estimate of drug-likeness (QED) is 0.748. The van der Waals surface area contributed by atoms with Crippen LogP contribution in [-0.2, 0) is 11.3 Å². The third kappa shape index (κ3) is 5.81. The van der Waals surface area contributed by atoms with E-state index in [0.717, 1.165) is 12.4 Å². The lowest BCUT2D eigenvalue weighted by Crippen LogP contribution is -3.00. The van der Waals surface area contributed by atoms with Gasteiger partial charge in [0.1, 0.15) is 6.54 Å². The van der Waals surface area contributed by atoms with Gasteiger partial charge in [-0.25, -0.2) is 9.78 Å². The first-order valence-corrected chi connectivity index (χ1v) is 6.55. The van der Waals surface area contributed by atoms with Crippen LogP contribution in [0.2, 0.25) is 0 Å². The number of rotatable bonds is 5. The third-order valence-corrected chi connectivity index (χ3v) is 2.70. The van der Waals surface area contributed by atoms with Crippen LogP contribution in [0.4, 0.5) is 16.3 Å². The molecule has 0 aliphatic carbocycles. The van der Waals surface area contributed by atoms with Gasteiger partial charge in [-0.3, -0.25) is 10.6 Å². The average Bonchev–Trinajstić information content (AvgIpc) is 2.48. The topological polar surface area (TPSA) is 67.8 Å². The molecule has 0 bridgehead atoms. The lowest BCUT2D eigenvalue weighted by Gasteiger charge is -2.05. The second-order valence-electron chi connectivity index (χ2n) is 4.21. The molecule has 112 valence electrons. The highest BCUT2D eigenvalue weighted by Crippen LogP contribution is 2.07. The molecule has 1 heterocycles. The van der Waals surface area contributed by atoms with Gasteiger partial charge in [0.25, 0.3) is 0 Å². The number of ether oxygens (including phenoxy) is 1. The van der Waals surface area contributed by atoms with E-state index in [1.165, 1.54) is 5.56 Å². The number of nitrogens with zero attached hydrogens (tertiary/aromatic N) is 1. The standard InChI is InChI=1S/C15H17N3O2.ClH/c1-2-20-15(19)18-13-8-9-14(17-11-13)16-10-12-6-4-3-5-7-12;/h3-9,11H,2,10H2,1H3,(H,16,17)(H,18,19);1H. The van der Waals surface area contributed by atoms with Crippen LogP contribution >= 0.6 is 0 Å². The van der Waals surface area contributed by atoms with Crippen LogP contribution in [-0.4, -0.2) is 17.7 Å². The van der Waals surface area contributed by atoms with Gasteiger partial charge in [0.05, 0.1) is 18.5 Å². The van der Waals surface area contributed by atoms with Crippen LogP contribution in [0.3, 0.4) is 0 Å². The molecule has 0 fully saturated rings. The van der Waals surface area contributed by atoms with E-state index in [2.05, 4.69) is 22.4 Å². The molecule has 3 N–H and O–H groups in total. The molecule has 0 aliphatic rings. The number of carbonyl (C=O) groups excluding carboxylic acids is 1. The van der Waals surface area contributed by atoms with Crippen molar-refractivity contribution in [2.45, 2.75) is 13.5 Å². The van der Waals surface area contributed by atoms with Crippen LogP contribution < -0.4 is 23.0 Å². The van der Waals surface area contributed by atoms with Crippen molar-refractivity contribution < 1.29 is 27.3 Å². The van der Waals surface area contributed by atoms with Crippen LogP contribution in [0.5, 0.6) is 0 Å². The number of benzene rings is 1. The van der Waals surface area contributed by atoms with Gasteiger partial charge >= 0.3 is 6.09 Å². The lowest BCUT2D eigenvalue weighted by atomic mass is 10.2. The molecule has 1 aromatic heterocycles. The number of carbonyl (C=O) groups is 1. The smallest absolute Gasteiger partial charge is 0.411 e. The number of quaternary nitrogens is 1. The Balaban J connectivity index is 0.00000220. The van der Waals surface area contributed by atoms with Gasteiger partial charge in [-0.15, -0.1) is 0 Å². The number of pyridine rings is 1. The maximum absolute atomic E-state index is 11.2. The van der Waals surface area contributed by atoms with Gasteiger partial charge in [0.2, 0.25) is 5.82 Å². The van der Waals surface area contributed by atoms with Crippen LogP contribution in [0.15, 0.2) is 48.7 Å². The van der Waals surface area contributed by atoms with Crippen molar-refractivity contribution in [2.24, 2.45) is 0 Å². The fourth-order valence-corrected chi connectivity index (χ4v) is 1.72. The summed E-state index contributed by atoms with van der Waals surface area (Å²) in [6.45, 7) is 2.94. The normalized spacial score (nSPS) is 9.57. The number of hydrogen-bond acceptors (Lipinski definition) is 3. The van der Waals surface area contributed by atoms with Crippen LogP contribution in [0, 0.1) is 0 Å². The number of hydrogen-bond donors (Lipinski definition) is 2. The molecular formula is C15H18ClN3O2. The molecule has 21 heavy (non-hydrogen) atoms. The zero-order valence-electron chi connectivity index (χ0n) is 11.8. The largest absolute Gasteiger partial charge is 1.00 e. The number of anilines is 1. The summed E-state index contributed by atoms with van der Waals surface area (Å²) < 4.78 is 4.80. The van der Waals surface area contributed by atoms with Crippen molar-refractivity contribution in [3.63, 3.8) is 0 Å². The van der Waals surface area contributed by atoms with E-state index >= 15 is 0 Å². The van der Waals surface area contributed by atoms with Crippen molar-refractivity contribution >= 4 is 17.6 Å². The van der Waals surface area contributed by atoms with Crippen LogP contribution in [0.25, 0.3) is 0 Å². The molecule has 0 saturated carbocycles. The van der Waals surface area contributed by atoms with E-state index < -0.39 is 6.09 Å². The van der Waals surface area contributed by atoms with E-state index in [9.17, 15) is 4.79 Å². The van der Waals surface area contributed by atoms with E-state index in [1.54, 1.807) is 19.2 Å². The molecule has 2 aromatic rings. The Hall–Kier alpha value is -2.11. The fourth-order valence-electron chi connectivity index (χ4n) is 1.72. The maximum Gasteiger partial charge on any atom is 0.411 e. The Morgan fingerprint density at radius 3 is 2.62 bits per heavy atom. The Morgan fingerprint density at radius 2 is 2.00 bits per heavy atom. The summed E-state index contributed by atoms with van der Waals surface area (Å²) >= 11 is 0. The lowest BCUT2D eigenvalue weighted by molar-refractivity contribution is -0.592. The summed E-state index contributed by atoms with van der Waals surface area (Å²) in [6.07, 6.45) is 1.16.